The number of rotatable bonds is 2. The van der Waals surface area contributed by atoms with Crippen molar-refractivity contribution in [1.29, 1.82) is 5.26 Å². The third-order valence-corrected chi connectivity index (χ3v) is 3.75. The van der Waals surface area contributed by atoms with E-state index in [9.17, 15) is 0 Å². The zero-order valence-corrected chi connectivity index (χ0v) is 12.4. The topological polar surface area (TPSA) is 117 Å². The summed E-state index contributed by atoms with van der Waals surface area (Å²) in [6.45, 7) is 0. The summed E-state index contributed by atoms with van der Waals surface area (Å²) in [6.07, 6.45) is 0. The highest BCUT2D eigenvalue weighted by Crippen LogP contribution is 2.21. The minimum atomic E-state index is 0.321. The minimum absolute atomic E-state index is 0.321. The number of nitriles is 1. The molecular weight excluding hydrogens is 302 g/mol. The molecule has 0 spiro atoms. The summed E-state index contributed by atoms with van der Waals surface area (Å²) in [4.78, 5) is 7.71. The molecule has 2 aromatic carbocycles. The molecule has 0 aliphatic rings. The van der Waals surface area contributed by atoms with Crippen LogP contribution in [0.3, 0.4) is 0 Å². The van der Waals surface area contributed by atoms with Crippen LogP contribution in [0.25, 0.3) is 22.1 Å². The second kappa shape index (κ2) is 5.44. The van der Waals surface area contributed by atoms with Crippen LogP contribution in [0.4, 0.5) is 0 Å². The zero-order valence-electron chi connectivity index (χ0n) is 12.4. The van der Waals surface area contributed by atoms with Gasteiger partial charge >= 0.3 is 0 Å². The second-order valence-electron chi connectivity index (χ2n) is 5.17. The van der Waals surface area contributed by atoms with E-state index in [4.69, 9.17) is 11.1 Å². The van der Waals surface area contributed by atoms with Gasteiger partial charge < -0.3 is 10.8 Å². The lowest BCUT2D eigenvalue weighted by Crippen LogP contribution is -2.12. The Kier molecular flexibility index (Phi) is 3.14. The lowest BCUT2D eigenvalue weighted by Gasteiger charge is -2.03. The lowest BCUT2D eigenvalue weighted by atomic mass is 10.1. The number of hydrogen-bond acceptors (Lipinski definition) is 6. The normalized spacial score (nSPS) is 11.7. The van der Waals surface area contributed by atoms with Crippen LogP contribution in [0.1, 0.15) is 17.0 Å². The fourth-order valence-electron chi connectivity index (χ4n) is 2.59. The number of hydrogen-bond donors (Lipinski definition) is 2. The molecule has 0 unspecified atom stereocenters. The molecule has 2 heterocycles. The number of nitrogens with two attached hydrogens (primary N) is 1. The van der Waals surface area contributed by atoms with E-state index in [0.717, 1.165) is 10.9 Å². The van der Waals surface area contributed by atoms with E-state index in [2.05, 4.69) is 31.3 Å². The van der Waals surface area contributed by atoms with Crippen LogP contribution in [0.5, 0.6) is 0 Å². The largest absolute Gasteiger partial charge is 0.338 e. The van der Waals surface area contributed by atoms with E-state index < -0.39 is 0 Å². The van der Waals surface area contributed by atoms with Crippen molar-refractivity contribution in [2.24, 2.45) is 10.9 Å². The Hall–Kier alpha value is -3.79. The van der Waals surface area contributed by atoms with Crippen molar-refractivity contribution >= 4 is 27.8 Å². The Labute approximate surface area is 136 Å². The first-order valence-electron chi connectivity index (χ1n) is 7.20. The Balaban J connectivity index is 1.84. The maximum Gasteiger partial charge on any atom is 0.204 e. The van der Waals surface area contributed by atoms with Gasteiger partial charge in [-0.2, -0.15) is 10.4 Å². The molecule has 3 N–H and O–H groups in total. The van der Waals surface area contributed by atoms with Crippen molar-refractivity contribution in [1.82, 2.24) is 20.2 Å². The van der Waals surface area contributed by atoms with E-state index in [1.165, 1.54) is 0 Å². The number of H-pyrrole nitrogens is 1. The van der Waals surface area contributed by atoms with Crippen LogP contribution in [0.2, 0.25) is 0 Å². The highest BCUT2D eigenvalue weighted by Gasteiger charge is 2.14. The molecule has 0 bridgehead atoms. The Bertz CT molecular complexity index is 1120. The fraction of sp³-hybridized carbons (Fsp3) is 0. The van der Waals surface area contributed by atoms with E-state index in [0.29, 0.717) is 33.8 Å². The Morgan fingerprint density at radius 2 is 1.88 bits per heavy atom. The average molecular weight is 313 g/mol. The second-order valence-corrected chi connectivity index (χ2v) is 5.17. The van der Waals surface area contributed by atoms with Gasteiger partial charge in [-0.1, -0.05) is 30.3 Å². The van der Waals surface area contributed by atoms with E-state index in [1.54, 1.807) is 24.3 Å². The summed E-state index contributed by atoms with van der Waals surface area (Å²) < 4.78 is 0. The predicted molar refractivity (Wildman–Crippen MR) is 90.2 cm³/mol. The summed E-state index contributed by atoms with van der Waals surface area (Å²) in [5.74, 6) is 5.85. The monoisotopic (exact) mass is 313 g/mol. The summed E-state index contributed by atoms with van der Waals surface area (Å²) in [5, 5.41) is 22.1. The molecule has 0 saturated heterocycles. The Morgan fingerprint density at radius 3 is 2.62 bits per heavy atom. The fourth-order valence-corrected chi connectivity index (χ4v) is 2.59. The summed E-state index contributed by atoms with van der Waals surface area (Å²) in [6, 6.07) is 16.8. The van der Waals surface area contributed by atoms with Gasteiger partial charge in [0.15, 0.2) is 5.65 Å². The first-order valence-corrected chi connectivity index (χ1v) is 7.20. The Morgan fingerprint density at radius 1 is 1.08 bits per heavy atom. The van der Waals surface area contributed by atoms with Crippen LogP contribution in [-0.4, -0.2) is 25.9 Å². The first kappa shape index (κ1) is 13.8. The maximum atomic E-state index is 8.89. The van der Waals surface area contributed by atoms with E-state index >= 15 is 0 Å². The van der Waals surface area contributed by atoms with Gasteiger partial charge in [-0.25, -0.2) is 4.98 Å². The highest BCUT2D eigenvalue weighted by molar-refractivity contribution is 6.11. The minimum Gasteiger partial charge on any atom is -0.338 e. The molecule has 0 atom stereocenters. The van der Waals surface area contributed by atoms with Gasteiger partial charge in [-0.15, -0.1) is 10.2 Å². The molecule has 114 valence electrons. The molecule has 2 aromatic heterocycles. The van der Waals surface area contributed by atoms with Gasteiger partial charge in [0.1, 0.15) is 11.2 Å². The lowest BCUT2D eigenvalue weighted by molar-refractivity contribution is 0.995. The molecule has 0 radical (unpaired) electrons. The number of aromatic nitrogens is 4. The van der Waals surface area contributed by atoms with Crippen LogP contribution in [0.15, 0.2) is 53.6 Å². The molecule has 0 amide bonds. The molecule has 0 fully saturated rings. The van der Waals surface area contributed by atoms with E-state index in [1.807, 2.05) is 24.3 Å². The number of nitrogens with one attached hydrogen (secondary N) is 1. The number of hydrazone groups is 1. The van der Waals surface area contributed by atoms with Crippen LogP contribution in [0, 0.1) is 11.3 Å². The SMILES string of the molecule is N#Cc1ccc(/C(=N\N)c2nnc3c(n2)[nH]c2ccccc23)cc1. The molecule has 0 saturated carbocycles. The van der Waals surface area contributed by atoms with Crippen LogP contribution >= 0.6 is 0 Å². The van der Waals surface area contributed by atoms with Gasteiger partial charge in [0, 0.05) is 16.5 Å². The van der Waals surface area contributed by atoms with Gasteiger partial charge in [-0.05, 0) is 18.2 Å². The zero-order chi connectivity index (χ0) is 16.5. The number of aromatic amines is 1. The van der Waals surface area contributed by atoms with Crippen LogP contribution in [-0.2, 0) is 0 Å². The van der Waals surface area contributed by atoms with Crippen LogP contribution < -0.4 is 5.84 Å². The molecule has 24 heavy (non-hydrogen) atoms. The van der Waals surface area contributed by atoms with E-state index in [-0.39, 0.29) is 0 Å². The van der Waals surface area contributed by atoms with Gasteiger partial charge in [0.2, 0.25) is 5.82 Å². The molecule has 0 aliphatic carbocycles. The average Bonchev–Trinajstić information content (AvgIpc) is 3.01. The quantitative estimate of drug-likeness (QED) is 0.334. The predicted octanol–water partition coefficient (Wildman–Crippen LogP) is 2.09. The number of nitrogens with zero attached hydrogens (tertiary/aromatic N) is 5. The molecule has 7 nitrogen and oxygen atoms in total. The number of benzene rings is 2. The third-order valence-electron chi connectivity index (χ3n) is 3.75. The molecule has 7 heteroatoms. The third kappa shape index (κ3) is 2.14. The molecular formula is C17H11N7. The van der Waals surface area contributed by atoms with Crippen molar-refractivity contribution in [2.75, 3.05) is 0 Å². The molecule has 4 aromatic rings. The van der Waals surface area contributed by atoms with Crippen molar-refractivity contribution in [3.8, 4) is 6.07 Å². The number of fused-ring (bicyclic) bond motifs is 3. The summed E-state index contributed by atoms with van der Waals surface area (Å²) >= 11 is 0. The maximum absolute atomic E-state index is 8.89. The summed E-state index contributed by atoms with van der Waals surface area (Å²) in [7, 11) is 0. The van der Waals surface area contributed by atoms with Crippen molar-refractivity contribution in [2.45, 2.75) is 0 Å². The van der Waals surface area contributed by atoms with Gasteiger partial charge in [0.05, 0.1) is 11.6 Å². The smallest absolute Gasteiger partial charge is 0.204 e. The highest BCUT2D eigenvalue weighted by atomic mass is 15.2. The van der Waals surface area contributed by atoms with Gasteiger partial charge in [0.25, 0.3) is 0 Å². The van der Waals surface area contributed by atoms with Crippen molar-refractivity contribution < 1.29 is 0 Å². The van der Waals surface area contributed by atoms with Crippen molar-refractivity contribution in [3.05, 3.63) is 65.5 Å². The van der Waals surface area contributed by atoms with Gasteiger partial charge in [-0.3, -0.25) is 0 Å². The van der Waals surface area contributed by atoms with Crippen molar-refractivity contribution in [3.63, 3.8) is 0 Å². The molecule has 4 rings (SSSR count). The molecule has 0 aliphatic heterocycles. The standard InChI is InChI=1S/C17H11N7/c18-9-10-5-7-11(8-6-10)14(22-19)17-21-16-15(23-24-17)12-3-1-2-4-13(12)20-16/h1-8H,19H2,(H,20,21,24)/b22-14+. The first-order chi connectivity index (χ1) is 11.8. The number of para-hydroxylation sites is 1. The summed E-state index contributed by atoms with van der Waals surface area (Å²) in [5.41, 5.74) is 3.94.